The minimum atomic E-state index is -0.408. The second-order valence-corrected chi connectivity index (χ2v) is 1.66. The molecule has 7 heavy (non-hydrogen) atoms. The SMILES string of the molecule is CPOCC(N)=O. The van der Waals surface area contributed by atoms with Crippen molar-refractivity contribution in [1.29, 1.82) is 0 Å². The Morgan fingerprint density at radius 3 is 2.71 bits per heavy atom. The summed E-state index contributed by atoms with van der Waals surface area (Å²) >= 11 is 0. The second-order valence-electron chi connectivity index (χ2n) is 0.959. The molecule has 0 heterocycles. The molecule has 3 nitrogen and oxygen atoms in total. The molecule has 0 rings (SSSR count). The van der Waals surface area contributed by atoms with E-state index < -0.39 is 5.91 Å². The van der Waals surface area contributed by atoms with Gasteiger partial charge in [0.15, 0.2) is 0 Å². The molecule has 0 aliphatic carbocycles. The van der Waals surface area contributed by atoms with E-state index in [1.807, 2.05) is 6.66 Å². The molecule has 2 N–H and O–H groups in total. The maximum atomic E-state index is 9.86. The zero-order valence-corrected chi connectivity index (χ0v) is 5.10. The van der Waals surface area contributed by atoms with Crippen LogP contribution in [-0.2, 0) is 9.32 Å². The van der Waals surface area contributed by atoms with Crippen molar-refractivity contribution in [1.82, 2.24) is 0 Å². The Hall–Kier alpha value is -0.140. The summed E-state index contributed by atoms with van der Waals surface area (Å²) in [5, 5.41) is 0. The van der Waals surface area contributed by atoms with Crippen molar-refractivity contribution in [2.24, 2.45) is 5.73 Å². The summed E-state index contributed by atoms with van der Waals surface area (Å²) in [6, 6.07) is 0. The van der Waals surface area contributed by atoms with Gasteiger partial charge in [-0.2, -0.15) is 0 Å². The van der Waals surface area contributed by atoms with E-state index in [0.29, 0.717) is 8.81 Å². The van der Waals surface area contributed by atoms with E-state index >= 15 is 0 Å². The van der Waals surface area contributed by atoms with Crippen molar-refractivity contribution in [2.75, 3.05) is 13.3 Å². The highest BCUT2D eigenvalue weighted by Crippen LogP contribution is 2.00. The molecule has 0 saturated carbocycles. The molecule has 0 aliphatic heterocycles. The van der Waals surface area contributed by atoms with Gasteiger partial charge in [-0.25, -0.2) is 0 Å². The fraction of sp³-hybridized carbons (Fsp3) is 0.667. The van der Waals surface area contributed by atoms with Crippen LogP contribution in [0.3, 0.4) is 0 Å². The third-order valence-electron chi connectivity index (χ3n) is 0.359. The van der Waals surface area contributed by atoms with Gasteiger partial charge in [0, 0.05) is 8.81 Å². The van der Waals surface area contributed by atoms with Crippen molar-refractivity contribution in [3.63, 3.8) is 0 Å². The fourth-order valence-electron chi connectivity index (χ4n) is 0.143. The van der Waals surface area contributed by atoms with E-state index in [4.69, 9.17) is 5.73 Å². The van der Waals surface area contributed by atoms with E-state index in [2.05, 4.69) is 4.52 Å². The quantitative estimate of drug-likeness (QED) is 0.521. The van der Waals surface area contributed by atoms with E-state index in [1.165, 1.54) is 0 Å². The molecule has 4 heteroatoms. The van der Waals surface area contributed by atoms with Gasteiger partial charge in [0.1, 0.15) is 6.61 Å². The molecule has 0 bridgehead atoms. The van der Waals surface area contributed by atoms with Gasteiger partial charge in [0.2, 0.25) is 5.91 Å². The number of rotatable bonds is 3. The first-order valence-corrected chi connectivity index (χ1v) is 3.25. The first kappa shape index (κ1) is 6.86. The molecule has 0 spiro atoms. The average molecular weight is 121 g/mol. The van der Waals surface area contributed by atoms with Crippen LogP contribution in [0.5, 0.6) is 0 Å². The smallest absolute Gasteiger partial charge is 0.243 e. The number of nitrogens with two attached hydrogens (primary N) is 1. The highest BCUT2D eigenvalue weighted by molar-refractivity contribution is 7.31. The Labute approximate surface area is 44.1 Å². The minimum Gasteiger partial charge on any atom is -0.368 e. The van der Waals surface area contributed by atoms with Gasteiger partial charge < -0.3 is 10.3 Å². The molecule has 1 atom stereocenters. The van der Waals surface area contributed by atoms with Gasteiger partial charge in [0.25, 0.3) is 0 Å². The molecule has 0 aromatic carbocycles. The van der Waals surface area contributed by atoms with Crippen LogP contribution in [0.4, 0.5) is 0 Å². The largest absolute Gasteiger partial charge is 0.368 e. The fourth-order valence-corrected chi connectivity index (χ4v) is 0.430. The zero-order chi connectivity index (χ0) is 5.70. The molecule has 1 amide bonds. The Balaban J connectivity index is 2.82. The van der Waals surface area contributed by atoms with Crippen LogP contribution in [0, 0.1) is 0 Å². The highest BCUT2D eigenvalue weighted by atomic mass is 31.1. The van der Waals surface area contributed by atoms with Gasteiger partial charge in [-0.05, 0) is 6.66 Å². The number of hydrogen-bond acceptors (Lipinski definition) is 2. The normalized spacial score (nSPS) is 10.4. The van der Waals surface area contributed by atoms with Crippen molar-refractivity contribution in [2.45, 2.75) is 0 Å². The maximum Gasteiger partial charge on any atom is 0.243 e. The third-order valence-corrected chi connectivity index (χ3v) is 0.792. The summed E-state index contributed by atoms with van der Waals surface area (Å²) in [6.07, 6.45) is 0. The van der Waals surface area contributed by atoms with E-state index in [1.54, 1.807) is 0 Å². The van der Waals surface area contributed by atoms with Crippen LogP contribution >= 0.6 is 8.81 Å². The number of primary amides is 1. The summed E-state index contributed by atoms with van der Waals surface area (Å²) in [4.78, 5) is 9.86. The molecule has 0 aliphatic rings. The van der Waals surface area contributed by atoms with Crippen molar-refractivity contribution >= 4 is 14.7 Å². The molecular formula is C3H8NO2P. The topological polar surface area (TPSA) is 52.3 Å². The van der Waals surface area contributed by atoms with Gasteiger partial charge in [-0.1, -0.05) is 0 Å². The lowest BCUT2D eigenvalue weighted by Crippen LogP contribution is -2.15. The number of hydrogen-bond donors (Lipinski definition) is 1. The predicted octanol–water partition coefficient (Wildman–Crippen LogP) is -0.288. The lowest BCUT2D eigenvalue weighted by atomic mass is 10.7. The molecule has 0 radical (unpaired) electrons. The Kier molecular flexibility index (Phi) is 3.95. The van der Waals surface area contributed by atoms with E-state index in [0.717, 1.165) is 0 Å². The Morgan fingerprint density at radius 1 is 2.00 bits per heavy atom. The van der Waals surface area contributed by atoms with Crippen LogP contribution in [0.1, 0.15) is 0 Å². The lowest BCUT2D eigenvalue weighted by Gasteiger charge is -1.91. The molecule has 42 valence electrons. The van der Waals surface area contributed by atoms with Crippen LogP contribution in [0.15, 0.2) is 0 Å². The average Bonchev–Trinajstić information content (AvgIpc) is 1.61. The maximum absolute atomic E-state index is 9.86. The van der Waals surface area contributed by atoms with Crippen LogP contribution < -0.4 is 5.73 Å². The lowest BCUT2D eigenvalue weighted by molar-refractivity contribution is -0.119. The number of carbonyl (C=O) groups is 1. The van der Waals surface area contributed by atoms with Crippen LogP contribution in [-0.4, -0.2) is 19.2 Å². The Morgan fingerprint density at radius 2 is 2.57 bits per heavy atom. The monoisotopic (exact) mass is 121 g/mol. The van der Waals surface area contributed by atoms with Crippen molar-refractivity contribution < 1.29 is 9.32 Å². The third kappa shape index (κ3) is 5.86. The van der Waals surface area contributed by atoms with Crippen LogP contribution in [0.25, 0.3) is 0 Å². The van der Waals surface area contributed by atoms with Gasteiger partial charge in [-0.15, -0.1) is 0 Å². The van der Waals surface area contributed by atoms with Crippen molar-refractivity contribution in [3.8, 4) is 0 Å². The standard InChI is InChI=1S/C3H8NO2P/c1-7-6-2-3(4)5/h7H,2H2,1H3,(H2,4,5). The molecule has 0 aromatic heterocycles. The first-order valence-electron chi connectivity index (χ1n) is 1.84. The van der Waals surface area contributed by atoms with Crippen LogP contribution in [0.2, 0.25) is 0 Å². The minimum absolute atomic E-state index is 0.0505. The van der Waals surface area contributed by atoms with Gasteiger partial charge >= 0.3 is 0 Å². The second kappa shape index (κ2) is 4.03. The first-order chi connectivity index (χ1) is 3.27. The summed E-state index contributed by atoms with van der Waals surface area (Å²) in [5.41, 5.74) is 4.72. The highest BCUT2D eigenvalue weighted by Gasteiger charge is 1.87. The molecule has 0 saturated heterocycles. The Bertz CT molecular complexity index is 66.0. The summed E-state index contributed by atoms with van der Waals surface area (Å²) in [5.74, 6) is -0.408. The zero-order valence-electron chi connectivity index (χ0n) is 4.10. The van der Waals surface area contributed by atoms with Gasteiger partial charge in [0.05, 0.1) is 0 Å². The van der Waals surface area contributed by atoms with E-state index in [-0.39, 0.29) is 6.61 Å². The molecule has 0 fully saturated rings. The number of carbonyl (C=O) groups excluding carboxylic acids is 1. The van der Waals surface area contributed by atoms with Crippen molar-refractivity contribution in [3.05, 3.63) is 0 Å². The van der Waals surface area contributed by atoms with Gasteiger partial charge in [-0.3, -0.25) is 4.79 Å². The molecular weight excluding hydrogens is 113 g/mol. The van der Waals surface area contributed by atoms with E-state index in [9.17, 15) is 4.79 Å². The predicted molar refractivity (Wildman–Crippen MR) is 29.4 cm³/mol. The molecule has 0 aromatic rings. The summed E-state index contributed by atoms with van der Waals surface area (Å²) in [6.45, 7) is 1.89. The number of amides is 1. The molecule has 1 unspecified atom stereocenters. The summed E-state index contributed by atoms with van der Waals surface area (Å²) in [7, 11) is 0.350. The summed E-state index contributed by atoms with van der Waals surface area (Å²) < 4.78 is 4.65.